The third-order valence-corrected chi connectivity index (χ3v) is 18.3. The molecule has 0 unspecified atom stereocenters. The van der Waals surface area contributed by atoms with Crippen LogP contribution < -0.4 is 0 Å². The van der Waals surface area contributed by atoms with Crippen LogP contribution in [0, 0.1) is 0 Å². The Bertz CT molecular complexity index is 4680. The van der Waals surface area contributed by atoms with Gasteiger partial charge < -0.3 is 48.2 Å². The standard InChI is InChI=1S/C86H92N10O12/c1-11-17-47-103-81(97)59-35-23-53(24-36-59)65-66(54-25-37-60(38-26-54)82(98)104-48-18-12-2)74-87-73(65)88-75-67(55-27-39-61(40-28-55)83(99)105-49-19-13-3)69(57-31-43-63(44-32-57)85(101)107-51-21-15-5)77(90-75)92-79-71(95(7)8)72(96(9)10)80(94-79)93-78-70(58-33-45-64(46-34-58)86(102)108-52-22-16-6)68(76(89-74)91-78)56-29-41-62(42-30-56)84(100)106-50-20-14-4/h23-46H,11-22,47-52H2,1-10H3,(H2,87,88,89,90,91,92,93,94). The number of hydrogen-bond acceptors (Lipinski definition) is 20. The molecule has 11 rings (SSSR count). The largest absolute Gasteiger partial charge is 0.462 e. The highest BCUT2D eigenvalue weighted by Gasteiger charge is 2.32. The molecule has 0 saturated carbocycles. The molecule has 0 atom stereocenters. The molecule has 22 nitrogen and oxygen atoms in total. The van der Waals surface area contributed by atoms with Gasteiger partial charge in [-0.15, -0.1) is 0 Å². The predicted molar refractivity (Wildman–Crippen MR) is 417 cm³/mol. The van der Waals surface area contributed by atoms with E-state index in [-0.39, 0.29) is 85.5 Å². The Balaban J connectivity index is 1.32. The van der Waals surface area contributed by atoms with Crippen molar-refractivity contribution in [2.24, 2.45) is 0 Å². The Morgan fingerprint density at radius 3 is 0.648 bits per heavy atom. The normalized spacial score (nSPS) is 11.9. The van der Waals surface area contributed by atoms with Crippen LogP contribution in [0.4, 0.5) is 0 Å². The summed E-state index contributed by atoms with van der Waals surface area (Å²) in [5, 5.41) is 0. The maximum atomic E-state index is 13.8. The Hall–Kier alpha value is -11.9. The van der Waals surface area contributed by atoms with Gasteiger partial charge in [0.1, 0.15) is 34.0 Å². The highest BCUT2D eigenvalue weighted by molar-refractivity contribution is 6.08. The quantitative estimate of drug-likeness (QED) is 0.0225. The van der Waals surface area contributed by atoms with E-state index in [4.69, 9.17) is 58.3 Å². The Morgan fingerprint density at radius 2 is 0.454 bits per heavy atom. The van der Waals surface area contributed by atoms with Crippen LogP contribution in [-0.2, 0) is 28.4 Å². The van der Waals surface area contributed by atoms with Crippen molar-refractivity contribution in [1.29, 1.82) is 0 Å². The lowest BCUT2D eigenvalue weighted by Gasteiger charge is -2.20. The molecule has 0 fully saturated rings. The SMILES string of the molecule is CCCCOC(=O)c1ccc(C2=C(c3ccc(C(=O)OCCCC)cc3)c3nc2nc2[nH]c(nc4nc(nc5[nH]c(n3)c(-c3ccc(C(=O)OCCCC)cc3)c5-c3ccc(C(=O)OCCCC)cc3)C(N(C)C)=C4N(C)C)c(-c3ccc(C(=O)OCCCC)cc3)c2-c2ccc(C(=O)OCCCC)cc2)cc1. The number of carbonyl (C=O) groups excluding carboxylic acids is 6. The summed E-state index contributed by atoms with van der Waals surface area (Å²) in [4.78, 5) is 127. The van der Waals surface area contributed by atoms with Gasteiger partial charge in [-0.25, -0.2) is 58.7 Å². The van der Waals surface area contributed by atoms with Gasteiger partial charge in [0.25, 0.3) is 0 Å². The molecule has 2 aliphatic rings. The first-order valence-electron chi connectivity index (χ1n) is 37.3. The van der Waals surface area contributed by atoms with E-state index in [1.165, 1.54) is 0 Å². The minimum absolute atomic E-state index is 0.127. The Labute approximate surface area is 629 Å². The van der Waals surface area contributed by atoms with Crippen molar-refractivity contribution in [3.05, 3.63) is 213 Å². The zero-order valence-electron chi connectivity index (χ0n) is 63.1. The van der Waals surface area contributed by atoms with Gasteiger partial charge in [-0.05, 0) is 145 Å². The van der Waals surface area contributed by atoms with Crippen molar-refractivity contribution in [3.8, 4) is 44.5 Å². The zero-order chi connectivity index (χ0) is 76.4. The Kier molecular flexibility index (Phi) is 26.0. The van der Waals surface area contributed by atoms with E-state index >= 15 is 0 Å². The van der Waals surface area contributed by atoms with E-state index in [0.717, 1.165) is 38.5 Å². The minimum atomic E-state index is -0.502. The number of H-pyrrole nitrogens is 2. The molecule has 0 aliphatic carbocycles. The number of hydrogen-bond donors (Lipinski definition) is 2. The third-order valence-electron chi connectivity index (χ3n) is 18.3. The van der Waals surface area contributed by atoms with E-state index in [1.54, 1.807) is 97.1 Å². The summed E-state index contributed by atoms with van der Waals surface area (Å²) in [7, 11) is 7.57. The second-order valence-electron chi connectivity index (χ2n) is 26.7. The lowest BCUT2D eigenvalue weighted by molar-refractivity contribution is 0.0490. The predicted octanol–water partition coefficient (Wildman–Crippen LogP) is 17.3. The lowest BCUT2D eigenvalue weighted by atomic mass is 9.94. The molecule has 0 amide bonds. The number of rotatable bonds is 32. The summed E-state index contributed by atoms with van der Waals surface area (Å²) < 4.78 is 34.2. The molecule has 0 saturated heterocycles. The number of esters is 6. The van der Waals surface area contributed by atoms with Gasteiger partial charge in [0, 0.05) is 61.6 Å². The van der Waals surface area contributed by atoms with Crippen molar-refractivity contribution in [1.82, 2.24) is 49.7 Å². The highest BCUT2D eigenvalue weighted by atomic mass is 16.6. The van der Waals surface area contributed by atoms with Crippen molar-refractivity contribution in [2.75, 3.05) is 67.8 Å². The second-order valence-corrected chi connectivity index (χ2v) is 26.7. The number of nitrogens with one attached hydrogen (secondary N) is 2. The van der Waals surface area contributed by atoms with Crippen LogP contribution in [0.5, 0.6) is 0 Å². The number of unbranched alkanes of at least 4 members (excludes halogenated alkanes) is 6. The highest BCUT2D eigenvalue weighted by Crippen LogP contribution is 2.45. The van der Waals surface area contributed by atoms with Gasteiger partial charge >= 0.3 is 35.8 Å². The minimum Gasteiger partial charge on any atom is -0.462 e. The molecule has 3 aromatic heterocycles. The van der Waals surface area contributed by atoms with Crippen molar-refractivity contribution in [2.45, 2.75) is 119 Å². The smallest absolute Gasteiger partial charge is 0.338 e. The molecule has 8 bridgehead atoms. The van der Waals surface area contributed by atoms with Crippen LogP contribution in [0.15, 0.2) is 146 Å². The molecule has 5 heterocycles. The molecule has 0 radical (unpaired) electrons. The fraction of sp³-hybridized carbons (Fsp3) is 0.326. The second kappa shape index (κ2) is 36.4. The number of carbonyl (C=O) groups is 6. The van der Waals surface area contributed by atoms with Crippen LogP contribution in [0.2, 0.25) is 0 Å². The van der Waals surface area contributed by atoms with Crippen molar-refractivity contribution < 1.29 is 57.2 Å². The van der Waals surface area contributed by atoms with Crippen LogP contribution in [0.25, 0.3) is 89.6 Å². The summed E-state index contributed by atoms with van der Waals surface area (Å²) in [6.45, 7) is 13.6. The summed E-state index contributed by atoms with van der Waals surface area (Å²) >= 11 is 0. The molecule has 9 aromatic rings. The molecule has 2 N–H and O–H groups in total. The zero-order valence-corrected chi connectivity index (χ0v) is 63.1. The molecule has 2 aliphatic heterocycles. The fourth-order valence-corrected chi connectivity index (χ4v) is 12.4. The molecule has 558 valence electrons. The van der Waals surface area contributed by atoms with Gasteiger partial charge in [-0.1, -0.05) is 153 Å². The molecule has 22 heteroatoms. The average Bonchev–Trinajstić information content (AvgIpc) is 1.58. The van der Waals surface area contributed by atoms with E-state index < -0.39 is 35.8 Å². The summed E-state index contributed by atoms with van der Waals surface area (Å²) in [5.74, 6) is -2.21. The van der Waals surface area contributed by atoms with E-state index in [9.17, 15) is 28.8 Å². The molecular weight excluding hydrogens is 1370 g/mol. The molecule has 6 aromatic carbocycles. The third kappa shape index (κ3) is 17.8. The number of benzene rings is 6. The van der Waals surface area contributed by atoms with Gasteiger partial charge in [0.2, 0.25) is 0 Å². The first-order valence-corrected chi connectivity index (χ1v) is 37.3. The fourth-order valence-electron chi connectivity index (χ4n) is 12.4. The number of aromatic nitrogens is 8. The van der Waals surface area contributed by atoms with Crippen LogP contribution in [0.1, 0.15) is 215 Å². The maximum Gasteiger partial charge on any atom is 0.338 e. The van der Waals surface area contributed by atoms with E-state index in [1.807, 2.05) is 128 Å². The monoisotopic (exact) mass is 1460 g/mol. The first kappa shape index (κ1) is 77.2. The van der Waals surface area contributed by atoms with Gasteiger partial charge in [-0.3, -0.25) is 0 Å². The van der Waals surface area contributed by atoms with E-state index in [2.05, 4.69) is 9.97 Å². The number of aromatic amines is 2. The summed E-state index contributed by atoms with van der Waals surface area (Å²) in [6.07, 6.45) is 9.16. The number of nitrogens with zero attached hydrogens (tertiary/aromatic N) is 8. The molecule has 108 heavy (non-hydrogen) atoms. The van der Waals surface area contributed by atoms with Crippen molar-refractivity contribution >= 4 is 80.9 Å². The first-order chi connectivity index (χ1) is 52.5. The van der Waals surface area contributed by atoms with E-state index in [0.29, 0.717) is 150 Å². The number of ether oxygens (including phenoxy) is 6. The number of fused-ring (bicyclic) bond motifs is 8. The van der Waals surface area contributed by atoms with Gasteiger partial charge in [0.05, 0.1) is 73.0 Å². The Morgan fingerprint density at radius 1 is 0.269 bits per heavy atom. The van der Waals surface area contributed by atoms with Crippen LogP contribution in [0.3, 0.4) is 0 Å². The summed E-state index contributed by atoms with van der Waals surface area (Å²) in [5.41, 5.74) is 10.5. The maximum absolute atomic E-state index is 13.8. The van der Waals surface area contributed by atoms with Gasteiger partial charge in [-0.2, -0.15) is 0 Å². The average molecular weight is 1460 g/mol. The van der Waals surface area contributed by atoms with Crippen LogP contribution in [-0.4, -0.2) is 153 Å². The lowest BCUT2D eigenvalue weighted by Crippen LogP contribution is -2.17. The molecule has 0 spiro atoms. The topological polar surface area (TPSA) is 273 Å². The van der Waals surface area contributed by atoms with Crippen LogP contribution >= 0.6 is 0 Å². The van der Waals surface area contributed by atoms with Crippen molar-refractivity contribution in [3.63, 3.8) is 0 Å². The summed E-state index contributed by atoms with van der Waals surface area (Å²) in [6, 6.07) is 42.1. The van der Waals surface area contributed by atoms with Gasteiger partial charge in [0.15, 0.2) is 23.3 Å². The molecular formula is C86H92N10O12.